The normalized spacial score (nSPS) is 15.4. The molecule has 37 heavy (non-hydrogen) atoms. The van der Waals surface area contributed by atoms with Gasteiger partial charge in [-0.15, -0.1) is 0 Å². The van der Waals surface area contributed by atoms with E-state index in [1.165, 1.54) is 11.1 Å². The van der Waals surface area contributed by atoms with Gasteiger partial charge in [-0.1, -0.05) is 29.8 Å². The van der Waals surface area contributed by atoms with Gasteiger partial charge in [0, 0.05) is 53.3 Å². The molecule has 1 aliphatic carbocycles. The van der Waals surface area contributed by atoms with E-state index in [9.17, 15) is 14.4 Å². The van der Waals surface area contributed by atoms with Gasteiger partial charge in [-0.05, 0) is 68.5 Å². The van der Waals surface area contributed by atoms with Crippen LogP contribution in [0.1, 0.15) is 70.2 Å². The van der Waals surface area contributed by atoms with Crippen LogP contribution in [0, 0.1) is 6.92 Å². The Kier molecular flexibility index (Phi) is 6.95. The number of benzene rings is 2. The molecule has 0 saturated heterocycles. The molecule has 7 heteroatoms. The zero-order chi connectivity index (χ0) is 25.9. The number of rotatable bonds is 8. The van der Waals surface area contributed by atoms with Crippen molar-refractivity contribution in [1.29, 1.82) is 0 Å². The highest BCUT2D eigenvalue weighted by Gasteiger charge is 2.29. The number of carbonyl (C=O) groups excluding carboxylic acids is 3. The Hall–Kier alpha value is -4.13. The first kappa shape index (κ1) is 24.6. The third-order valence-corrected chi connectivity index (χ3v) is 6.92. The number of anilines is 2. The highest BCUT2D eigenvalue weighted by Crippen LogP contribution is 2.37. The van der Waals surface area contributed by atoms with Gasteiger partial charge in [0.05, 0.1) is 12.2 Å². The zero-order valence-electron chi connectivity index (χ0n) is 21.2. The molecule has 0 spiro atoms. The monoisotopic (exact) mass is 497 g/mol. The average Bonchev–Trinajstić information content (AvgIpc) is 3.40. The van der Waals surface area contributed by atoms with E-state index in [2.05, 4.69) is 46.8 Å². The second kappa shape index (κ2) is 10.5. The van der Waals surface area contributed by atoms with Gasteiger partial charge in [0.1, 0.15) is 0 Å². The van der Waals surface area contributed by atoms with Crippen molar-refractivity contribution in [3.05, 3.63) is 81.7 Å². The smallest absolute Gasteiger partial charge is 0.306 e. The van der Waals surface area contributed by atoms with Crippen molar-refractivity contribution < 1.29 is 19.1 Å². The molecule has 3 N–H and O–H groups in total. The first-order valence-electron chi connectivity index (χ1n) is 12.8. The molecule has 7 nitrogen and oxygen atoms in total. The van der Waals surface area contributed by atoms with Crippen molar-refractivity contribution in [3.63, 3.8) is 0 Å². The molecule has 0 saturated carbocycles. The Morgan fingerprint density at radius 3 is 2.70 bits per heavy atom. The molecule has 2 aliphatic rings. The zero-order valence-corrected chi connectivity index (χ0v) is 21.2. The minimum Gasteiger partial charge on any atom is -0.466 e. The van der Waals surface area contributed by atoms with Crippen molar-refractivity contribution in [3.8, 4) is 0 Å². The van der Waals surface area contributed by atoms with Crippen molar-refractivity contribution in [2.24, 2.45) is 0 Å². The molecule has 0 unspecified atom stereocenters. The van der Waals surface area contributed by atoms with Crippen LogP contribution in [0.2, 0.25) is 0 Å². The van der Waals surface area contributed by atoms with Gasteiger partial charge in [-0.3, -0.25) is 14.4 Å². The molecular weight excluding hydrogens is 466 g/mol. The van der Waals surface area contributed by atoms with Crippen molar-refractivity contribution >= 4 is 40.7 Å². The van der Waals surface area contributed by atoms with Crippen LogP contribution in [0.3, 0.4) is 0 Å². The largest absolute Gasteiger partial charge is 0.466 e. The Morgan fingerprint density at radius 1 is 1.11 bits per heavy atom. The number of ketones is 1. The lowest BCUT2D eigenvalue weighted by molar-refractivity contribution is -0.143. The van der Waals surface area contributed by atoms with Crippen molar-refractivity contribution in [2.75, 3.05) is 17.2 Å². The molecule has 2 aromatic carbocycles. The topological polar surface area (TPSA) is 100 Å². The predicted molar refractivity (Wildman–Crippen MR) is 144 cm³/mol. The second-order valence-electron chi connectivity index (χ2n) is 9.56. The summed E-state index contributed by atoms with van der Waals surface area (Å²) in [5.41, 5.74) is 8.42. The number of esters is 1. The van der Waals surface area contributed by atoms with E-state index in [0.717, 1.165) is 41.0 Å². The molecule has 1 aliphatic heterocycles. The van der Waals surface area contributed by atoms with Gasteiger partial charge in [0.2, 0.25) is 0 Å². The number of fused-ring (bicyclic) bond motifs is 2. The minimum atomic E-state index is -0.299. The Labute approximate surface area is 216 Å². The molecule has 1 aromatic heterocycles. The SMILES string of the molecule is CCOC(=O)CCc1c(/C=C2\C(=O)Nc3ccc(NCc4ccc(C)cc4)cc32)[nH]c2c1C(=O)CCC2. The lowest BCUT2D eigenvalue weighted by Crippen LogP contribution is -2.12. The van der Waals surface area contributed by atoms with Crippen LogP contribution in [0.15, 0.2) is 42.5 Å². The summed E-state index contributed by atoms with van der Waals surface area (Å²) in [5, 5.41) is 6.38. The quantitative estimate of drug-likeness (QED) is 0.284. The maximum Gasteiger partial charge on any atom is 0.306 e. The first-order valence-corrected chi connectivity index (χ1v) is 12.8. The molecule has 190 valence electrons. The molecule has 5 rings (SSSR count). The number of H-pyrrole nitrogens is 1. The van der Waals surface area contributed by atoms with Crippen LogP contribution >= 0.6 is 0 Å². The van der Waals surface area contributed by atoms with Gasteiger partial charge < -0.3 is 20.4 Å². The highest BCUT2D eigenvalue weighted by atomic mass is 16.5. The van der Waals surface area contributed by atoms with Gasteiger partial charge >= 0.3 is 5.97 Å². The summed E-state index contributed by atoms with van der Waals surface area (Å²) in [5.74, 6) is -0.409. The molecule has 3 aromatic rings. The lowest BCUT2D eigenvalue weighted by atomic mass is 9.91. The standard InChI is InChI=1S/C30H31N3O4/c1-3-37-28(35)14-12-21-26(32-25-5-4-6-27(34)29(21)25)16-23-22-15-20(11-13-24(22)33-30(23)36)31-17-19-9-7-18(2)8-10-19/h7-11,13,15-16,31-32H,3-6,12,14,17H2,1-2H3,(H,33,36)/b23-16-. The van der Waals surface area contributed by atoms with E-state index in [-0.39, 0.29) is 24.1 Å². The summed E-state index contributed by atoms with van der Waals surface area (Å²) in [4.78, 5) is 41.2. The van der Waals surface area contributed by atoms with E-state index in [4.69, 9.17) is 4.74 Å². The van der Waals surface area contributed by atoms with Gasteiger partial charge in [-0.2, -0.15) is 0 Å². The Morgan fingerprint density at radius 2 is 1.92 bits per heavy atom. The fraction of sp³-hybridized carbons (Fsp3) is 0.300. The summed E-state index contributed by atoms with van der Waals surface area (Å²) in [6.45, 7) is 4.82. The number of ether oxygens (including phenoxy) is 1. The van der Waals surface area contributed by atoms with Crippen LogP contribution in [0.4, 0.5) is 11.4 Å². The predicted octanol–water partition coefficient (Wildman–Crippen LogP) is 5.44. The van der Waals surface area contributed by atoms with Crippen LogP contribution in [0.25, 0.3) is 11.6 Å². The lowest BCUT2D eigenvalue weighted by Gasteiger charge is -2.11. The summed E-state index contributed by atoms with van der Waals surface area (Å²) < 4.78 is 5.10. The van der Waals surface area contributed by atoms with Crippen LogP contribution in [-0.4, -0.2) is 29.3 Å². The van der Waals surface area contributed by atoms with Gasteiger partial charge in [-0.25, -0.2) is 0 Å². The van der Waals surface area contributed by atoms with Crippen LogP contribution < -0.4 is 10.6 Å². The molecule has 0 radical (unpaired) electrons. The average molecular weight is 498 g/mol. The third kappa shape index (κ3) is 5.21. The number of Topliss-reactive ketones (excluding diaryl/α,β-unsaturated/α-hetero) is 1. The molecule has 0 fully saturated rings. The highest BCUT2D eigenvalue weighted by molar-refractivity contribution is 6.35. The van der Waals surface area contributed by atoms with Gasteiger partial charge in [0.25, 0.3) is 5.91 Å². The number of nitrogens with one attached hydrogen (secondary N) is 3. The second-order valence-corrected chi connectivity index (χ2v) is 9.56. The number of aryl methyl sites for hydroxylation is 2. The van der Waals surface area contributed by atoms with Crippen molar-refractivity contribution in [1.82, 2.24) is 4.98 Å². The minimum absolute atomic E-state index is 0.0832. The van der Waals surface area contributed by atoms with E-state index < -0.39 is 0 Å². The fourth-order valence-corrected chi connectivity index (χ4v) is 5.03. The maximum absolute atomic E-state index is 13.0. The number of hydrogen-bond donors (Lipinski definition) is 3. The summed E-state index contributed by atoms with van der Waals surface area (Å²) in [6.07, 6.45) is 4.43. The number of aromatic amines is 1. The van der Waals surface area contributed by atoms with E-state index in [0.29, 0.717) is 42.8 Å². The maximum atomic E-state index is 13.0. The van der Waals surface area contributed by atoms with Crippen LogP contribution in [0.5, 0.6) is 0 Å². The number of aromatic nitrogens is 1. The summed E-state index contributed by atoms with van der Waals surface area (Å²) >= 11 is 0. The summed E-state index contributed by atoms with van der Waals surface area (Å²) in [6, 6.07) is 14.2. The van der Waals surface area contributed by atoms with Gasteiger partial charge in [0.15, 0.2) is 5.78 Å². The Balaban J connectivity index is 1.46. The third-order valence-electron chi connectivity index (χ3n) is 6.92. The number of carbonyl (C=O) groups is 3. The van der Waals surface area contributed by atoms with E-state index >= 15 is 0 Å². The van der Waals surface area contributed by atoms with E-state index in [1.54, 1.807) is 6.92 Å². The van der Waals surface area contributed by atoms with E-state index in [1.807, 2.05) is 24.3 Å². The summed E-state index contributed by atoms with van der Waals surface area (Å²) in [7, 11) is 0. The first-order chi connectivity index (χ1) is 17.9. The Bertz CT molecular complexity index is 1400. The fourth-order valence-electron chi connectivity index (χ4n) is 5.03. The molecule has 0 bridgehead atoms. The van der Waals surface area contributed by atoms with Crippen LogP contribution in [-0.2, 0) is 33.7 Å². The number of amides is 1. The number of hydrogen-bond acceptors (Lipinski definition) is 5. The van der Waals surface area contributed by atoms with Crippen molar-refractivity contribution in [2.45, 2.75) is 52.5 Å². The molecular formula is C30H31N3O4. The molecule has 0 atom stereocenters. The molecule has 1 amide bonds. The molecule has 2 heterocycles.